The second-order valence-corrected chi connectivity index (χ2v) is 6.98. The largest absolute Gasteiger partial charge is 0.490 e. The van der Waals surface area contributed by atoms with Gasteiger partial charge >= 0.3 is 11.8 Å². The molecule has 1 fully saturated rings. The van der Waals surface area contributed by atoms with Crippen LogP contribution in [0.1, 0.15) is 31.1 Å². The molecule has 2 aromatic rings. The molecule has 0 radical (unpaired) electrons. The number of hydrogen-bond donors (Lipinski definition) is 2. The summed E-state index contributed by atoms with van der Waals surface area (Å²) in [6.45, 7) is 3.81. The lowest BCUT2D eigenvalue weighted by molar-refractivity contribution is -0.139. The van der Waals surface area contributed by atoms with E-state index < -0.39 is 11.8 Å². The van der Waals surface area contributed by atoms with Crippen LogP contribution in [0.4, 0.5) is 0 Å². The zero-order valence-electron chi connectivity index (χ0n) is 17.8. The van der Waals surface area contributed by atoms with Crippen molar-refractivity contribution in [2.24, 2.45) is 5.10 Å². The van der Waals surface area contributed by atoms with Gasteiger partial charge in [-0.05, 0) is 55.7 Å². The number of hydrazone groups is 1. The van der Waals surface area contributed by atoms with E-state index in [-0.39, 0.29) is 19.1 Å². The predicted molar refractivity (Wildman–Crippen MR) is 115 cm³/mol. The molecule has 10 heteroatoms. The number of ether oxygens (including phenoxy) is 2. The lowest BCUT2D eigenvalue weighted by Gasteiger charge is -2.17. The van der Waals surface area contributed by atoms with Crippen LogP contribution in [0.3, 0.4) is 0 Å². The van der Waals surface area contributed by atoms with E-state index in [4.69, 9.17) is 13.9 Å². The molecule has 170 valence electrons. The van der Waals surface area contributed by atoms with Gasteiger partial charge in [0.05, 0.1) is 25.6 Å². The molecule has 0 spiro atoms. The number of rotatable bonds is 9. The molecule has 2 heterocycles. The average molecular weight is 442 g/mol. The number of benzene rings is 1. The highest BCUT2D eigenvalue weighted by Gasteiger charge is 2.19. The quantitative estimate of drug-likeness (QED) is 0.344. The second-order valence-electron chi connectivity index (χ2n) is 6.98. The molecule has 3 rings (SSSR count). The van der Waals surface area contributed by atoms with Crippen LogP contribution < -0.4 is 20.2 Å². The van der Waals surface area contributed by atoms with Crippen molar-refractivity contribution in [3.8, 4) is 11.5 Å². The molecule has 0 bridgehead atoms. The molecule has 0 unspecified atom stereocenters. The van der Waals surface area contributed by atoms with Crippen LogP contribution >= 0.6 is 0 Å². The predicted octanol–water partition coefficient (Wildman–Crippen LogP) is 1.45. The molecule has 32 heavy (non-hydrogen) atoms. The maximum absolute atomic E-state index is 12.2. The number of carbonyl (C=O) groups excluding carboxylic acids is 3. The average Bonchev–Trinajstić information content (AvgIpc) is 3.51. The summed E-state index contributed by atoms with van der Waals surface area (Å²) in [6.07, 6.45) is 4.89. The van der Waals surface area contributed by atoms with E-state index in [2.05, 4.69) is 15.8 Å². The molecule has 1 aromatic carbocycles. The second kappa shape index (κ2) is 11.5. The lowest BCUT2D eigenvalue weighted by Crippen LogP contribution is -2.37. The molecular formula is C22H26N4O6. The number of hydrogen-bond acceptors (Lipinski definition) is 7. The van der Waals surface area contributed by atoms with Crippen molar-refractivity contribution in [3.63, 3.8) is 0 Å². The first kappa shape index (κ1) is 22.9. The Kier molecular flexibility index (Phi) is 8.24. The third-order valence-corrected chi connectivity index (χ3v) is 4.67. The molecule has 1 aromatic heterocycles. The number of nitrogens with zero attached hydrogens (tertiary/aromatic N) is 2. The van der Waals surface area contributed by atoms with Gasteiger partial charge in [-0.3, -0.25) is 14.4 Å². The summed E-state index contributed by atoms with van der Waals surface area (Å²) in [5.74, 6) is -0.365. The van der Waals surface area contributed by atoms with E-state index in [0.717, 1.165) is 25.9 Å². The summed E-state index contributed by atoms with van der Waals surface area (Å²) in [5.41, 5.74) is 2.78. The first-order valence-corrected chi connectivity index (χ1v) is 10.4. The Hall–Kier alpha value is -3.82. The van der Waals surface area contributed by atoms with Crippen LogP contribution in [0.25, 0.3) is 0 Å². The molecule has 0 aliphatic carbocycles. The molecule has 1 saturated heterocycles. The monoisotopic (exact) mass is 442 g/mol. The number of carbonyl (C=O) groups is 3. The third kappa shape index (κ3) is 6.59. The number of amides is 3. The Bertz CT molecular complexity index is 951. The molecule has 0 saturated carbocycles. The smallest absolute Gasteiger partial charge is 0.329 e. The molecule has 1 aliphatic rings. The summed E-state index contributed by atoms with van der Waals surface area (Å²) >= 11 is 0. The molecular weight excluding hydrogens is 416 g/mol. The van der Waals surface area contributed by atoms with Crippen molar-refractivity contribution in [1.29, 1.82) is 0 Å². The molecule has 0 atom stereocenters. The molecule has 1 aliphatic heterocycles. The zero-order valence-corrected chi connectivity index (χ0v) is 17.8. The van der Waals surface area contributed by atoms with E-state index in [1.807, 2.05) is 6.92 Å². The van der Waals surface area contributed by atoms with Gasteiger partial charge in [-0.15, -0.1) is 0 Å². The van der Waals surface area contributed by atoms with Crippen molar-refractivity contribution in [3.05, 3.63) is 47.9 Å². The van der Waals surface area contributed by atoms with E-state index >= 15 is 0 Å². The Morgan fingerprint density at radius 3 is 2.66 bits per heavy atom. The Labute approximate surface area is 185 Å². The van der Waals surface area contributed by atoms with Gasteiger partial charge < -0.3 is 24.1 Å². The first-order chi connectivity index (χ1) is 15.6. The van der Waals surface area contributed by atoms with Gasteiger partial charge in [-0.2, -0.15) is 5.10 Å². The van der Waals surface area contributed by atoms with Gasteiger partial charge in [0.1, 0.15) is 5.76 Å². The minimum Gasteiger partial charge on any atom is -0.490 e. The van der Waals surface area contributed by atoms with Crippen molar-refractivity contribution >= 4 is 23.9 Å². The van der Waals surface area contributed by atoms with Crippen molar-refractivity contribution in [2.75, 3.05) is 26.3 Å². The zero-order chi connectivity index (χ0) is 22.8. The fraction of sp³-hybridized carbons (Fsp3) is 0.364. The van der Waals surface area contributed by atoms with Crippen molar-refractivity contribution < 1.29 is 28.3 Å². The number of nitrogens with one attached hydrogen (secondary N) is 2. The molecule has 2 N–H and O–H groups in total. The topological polar surface area (TPSA) is 122 Å². The van der Waals surface area contributed by atoms with Crippen LogP contribution in [0, 0.1) is 0 Å². The van der Waals surface area contributed by atoms with Crippen LogP contribution in [0.2, 0.25) is 0 Å². The fourth-order valence-corrected chi connectivity index (χ4v) is 3.07. The number of likely N-dealkylation sites (tertiary alicyclic amines) is 1. The minimum atomic E-state index is -0.904. The van der Waals surface area contributed by atoms with Gasteiger partial charge in [0.2, 0.25) is 0 Å². The summed E-state index contributed by atoms with van der Waals surface area (Å²) in [4.78, 5) is 37.6. The fourth-order valence-electron chi connectivity index (χ4n) is 3.07. The summed E-state index contributed by atoms with van der Waals surface area (Å²) in [5, 5.41) is 6.22. The third-order valence-electron chi connectivity index (χ3n) is 4.67. The highest BCUT2D eigenvalue weighted by molar-refractivity contribution is 6.35. The minimum absolute atomic E-state index is 0.0522. The normalized spacial score (nSPS) is 13.2. The SMILES string of the molecule is CCOc1cc(/C=N\NC(=O)C(=O)NCc2ccco2)ccc1OCC(=O)N1CCCC1. The van der Waals surface area contributed by atoms with Crippen LogP contribution in [-0.2, 0) is 20.9 Å². The Morgan fingerprint density at radius 1 is 1.12 bits per heavy atom. The van der Waals surface area contributed by atoms with Gasteiger partial charge in [0, 0.05) is 13.1 Å². The van der Waals surface area contributed by atoms with E-state index in [1.165, 1.54) is 12.5 Å². The van der Waals surface area contributed by atoms with Crippen LogP contribution in [-0.4, -0.2) is 55.1 Å². The highest BCUT2D eigenvalue weighted by atomic mass is 16.5. The van der Waals surface area contributed by atoms with Gasteiger partial charge in [-0.25, -0.2) is 5.43 Å². The van der Waals surface area contributed by atoms with E-state index in [1.54, 1.807) is 35.2 Å². The van der Waals surface area contributed by atoms with Gasteiger partial charge in [-0.1, -0.05) is 0 Å². The van der Waals surface area contributed by atoms with E-state index in [9.17, 15) is 14.4 Å². The van der Waals surface area contributed by atoms with Crippen LogP contribution in [0.15, 0.2) is 46.1 Å². The van der Waals surface area contributed by atoms with E-state index in [0.29, 0.717) is 29.4 Å². The van der Waals surface area contributed by atoms with Crippen LogP contribution in [0.5, 0.6) is 11.5 Å². The van der Waals surface area contributed by atoms with Gasteiger partial charge in [0.15, 0.2) is 18.1 Å². The lowest BCUT2D eigenvalue weighted by atomic mass is 10.2. The molecule has 3 amide bonds. The maximum Gasteiger partial charge on any atom is 0.329 e. The summed E-state index contributed by atoms with van der Waals surface area (Å²) in [7, 11) is 0. The molecule has 10 nitrogen and oxygen atoms in total. The first-order valence-electron chi connectivity index (χ1n) is 10.4. The Balaban J connectivity index is 1.52. The Morgan fingerprint density at radius 2 is 1.94 bits per heavy atom. The maximum atomic E-state index is 12.2. The summed E-state index contributed by atoms with van der Waals surface area (Å²) < 4.78 is 16.3. The summed E-state index contributed by atoms with van der Waals surface area (Å²) in [6, 6.07) is 8.41. The van der Waals surface area contributed by atoms with Gasteiger partial charge in [0.25, 0.3) is 5.91 Å². The highest BCUT2D eigenvalue weighted by Crippen LogP contribution is 2.28. The standard InChI is InChI=1S/C22H26N4O6/c1-2-30-19-12-16(7-8-18(19)32-15-20(27)26-9-3-4-10-26)13-24-25-22(29)21(28)23-14-17-6-5-11-31-17/h5-8,11-13H,2-4,9-10,14-15H2,1H3,(H,23,28)(H,25,29)/b24-13-. The van der Waals surface area contributed by atoms with Crippen molar-refractivity contribution in [2.45, 2.75) is 26.3 Å². The number of furan rings is 1. The van der Waals surface area contributed by atoms with Crippen molar-refractivity contribution in [1.82, 2.24) is 15.6 Å².